The molecule has 5 nitrogen and oxygen atoms in total. The van der Waals surface area contributed by atoms with Gasteiger partial charge in [-0.15, -0.1) is 0 Å². The third kappa shape index (κ3) is 4.03. The number of nitrogens with two attached hydrogens (primary N) is 1. The van der Waals surface area contributed by atoms with Crippen LogP contribution in [-0.2, 0) is 23.0 Å². The zero-order valence-corrected chi connectivity index (χ0v) is 13.6. The molecule has 0 amide bonds. The molecule has 1 aromatic rings. The fourth-order valence-corrected chi connectivity index (χ4v) is 4.44. The summed E-state index contributed by atoms with van der Waals surface area (Å²) in [5, 5.41) is 0. The van der Waals surface area contributed by atoms with E-state index in [9.17, 15) is 8.42 Å². The molecule has 0 aliphatic carbocycles. The first kappa shape index (κ1) is 16.4. The number of benzene rings is 1. The van der Waals surface area contributed by atoms with Gasteiger partial charge in [-0.25, -0.2) is 13.1 Å². The van der Waals surface area contributed by atoms with Crippen molar-refractivity contribution in [2.24, 2.45) is 5.73 Å². The first-order valence-electron chi connectivity index (χ1n) is 7.49. The van der Waals surface area contributed by atoms with Crippen molar-refractivity contribution in [2.75, 3.05) is 20.1 Å². The first-order chi connectivity index (χ1) is 9.96. The van der Waals surface area contributed by atoms with Crippen LogP contribution < -0.4 is 10.5 Å². The number of nitrogens with zero attached hydrogens (tertiary/aromatic N) is 1. The van der Waals surface area contributed by atoms with Crippen LogP contribution in [0.4, 0.5) is 0 Å². The molecule has 1 aliphatic heterocycles. The molecule has 3 N–H and O–H groups in total. The highest BCUT2D eigenvalue weighted by molar-refractivity contribution is 7.89. The lowest BCUT2D eigenvalue weighted by atomic mass is 10.1. The van der Waals surface area contributed by atoms with E-state index in [0.29, 0.717) is 17.9 Å². The van der Waals surface area contributed by atoms with Crippen LogP contribution in [0.5, 0.6) is 0 Å². The second-order valence-corrected chi connectivity index (χ2v) is 7.40. The Balaban J connectivity index is 2.26. The Labute approximate surface area is 127 Å². The summed E-state index contributed by atoms with van der Waals surface area (Å²) in [5.74, 6) is 0. The van der Waals surface area contributed by atoms with E-state index in [2.05, 4.69) is 9.62 Å². The van der Waals surface area contributed by atoms with E-state index < -0.39 is 10.0 Å². The zero-order chi connectivity index (χ0) is 15.5. The van der Waals surface area contributed by atoms with Gasteiger partial charge in [0.05, 0.1) is 4.90 Å². The minimum Gasteiger partial charge on any atom is -0.326 e. The third-order valence-corrected chi connectivity index (χ3v) is 5.59. The Morgan fingerprint density at radius 1 is 1.43 bits per heavy atom. The van der Waals surface area contributed by atoms with Crippen molar-refractivity contribution in [1.29, 1.82) is 0 Å². The molecule has 1 saturated heterocycles. The van der Waals surface area contributed by atoms with Crippen LogP contribution in [0.15, 0.2) is 23.1 Å². The molecule has 1 unspecified atom stereocenters. The summed E-state index contributed by atoms with van der Waals surface area (Å²) in [7, 11) is -1.47. The van der Waals surface area contributed by atoms with Crippen LogP contribution in [0.25, 0.3) is 0 Å². The number of rotatable bonds is 5. The molecule has 1 fully saturated rings. The van der Waals surface area contributed by atoms with E-state index >= 15 is 0 Å². The van der Waals surface area contributed by atoms with Crippen LogP contribution in [0, 0.1) is 0 Å². The van der Waals surface area contributed by atoms with Gasteiger partial charge in [-0.2, -0.15) is 0 Å². The molecule has 1 aliphatic rings. The fourth-order valence-electron chi connectivity index (χ4n) is 2.81. The Morgan fingerprint density at radius 2 is 2.19 bits per heavy atom. The summed E-state index contributed by atoms with van der Waals surface area (Å²) < 4.78 is 28.2. The smallest absolute Gasteiger partial charge is 0.241 e. The van der Waals surface area contributed by atoms with Gasteiger partial charge >= 0.3 is 0 Å². The Kier molecular flexibility index (Phi) is 5.37. The second-order valence-electron chi connectivity index (χ2n) is 5.72. The standard InChI is InChI=1S/C15H25N3O2S/c1-3-13-7-6-12(10-16)9-15(13)21(19,20)17-14-5-4-8-18(2)11-14/h6-7,9,14,17H,3-5,8,10-11,16H2,1-2H3. The summed E-state index contributed by atoms with van der Waals surface area (Å²) in [5.41, 5.74) is 7.31. The van der Waals surface area contributed by atoms with Gasteiger partial charge in [0, 0.05) is 19.1 Å². The normalized spacial score (nSPS) is 20.6. The Bertz CT molecular complexity index is 587. The molecule has 6 heteroatoms. The molecule has 0 aromatic heterocycles. The monoisotopic (exact) mass is 311 g/mol. The highest BCUT2D eigenvalue weighted by Gasteiger charge is 2.25. The van der Waals surface area contributed by atoms with Crippen LogP contribution in [-0.4, -0.2) is 39.5 Å². The summed E-state index contributed by atoms with van der Waals surface area (Å²) in [6.45, 7) is 4.10. The number of aryl methyl sites for hydroxylation is 1. The van der Waals surface area contributed by atoms with Crippen molar-refractivity contribution in [3.05, 3.63) is 29.3 Å². The van der Waals surface area contributed by atoms with Crippen molar-refractivity contribution in [2.45, 2.75) is 43.7 Å². The van der Waals surface area contributed by atoms with Gasteiger partial charge in [0.1, 0.15) is 0 Å². The largest absolute Gasteiger partial charge is 0.326 e. The third-order valence-electron chi connectivity index (χ3n) is 3.98. The molecular formula is C15H25N3O2S. The predicted octanol–water partition coefficient (Wildman–Crippen LogP) is 1.08. The summed E-state index contributed by atoms with van der Waals surface area (Å²) >= 11 is 0. The van der Waals surface area contributed by atoms with Crippen molar-refractivity contribution in [3.63, 3.8) is 0 Å². The van der Waals surface area contributed by atoms with Gasteiger partial charge in [0.15, 0.2) is 0 Å². The molecule has 1 heterocycles. The van der Waals surface area contributed by atoms with Crippen LogP contribution in [0.3, 0.4) is 0 Å². The predicted molar refractivity (Wildman–Crippen MR) is 84.6 cm³/mol. The molecule has 0 radical (unpaired) electrons. The van der Waals surface area contributed by atoms with Gasteiger partial charge in [-0.05, 0) is 50.0 Å². The molecule has 118 valence electrons. The van der Waals surface area contributed by atoms with Gasteiger partial charge in [-0.3, -0.25) is 0 Å². The van der Waals surface area contributed by atoms with Gasteiger partial charge in [0.25, 0.3) is 0 Å². The average Bonchev–Trinajstić information content (AvgIpc) is 2.46. The highest BCUT2D eigenvalue weighted by atomic mass is 32.2. The van der Waals surface area contributed by atoms with E-state index in [4.69, 9.17) is 5.73 Å². The molecule has 21 heavy (non-hydrogen) atoms. The molecule has 0 saturated carbocycles. The van der Waals surface area contributed by atoms with E-state index in [1.165, 1.54) is 0 Å². The topological polar surface area (TPSA) is 75.4 Å². The van der Waals surface area contributed by atoms with Crippen LogP contribution in [0.1, 0.15) is 30.9 Å². The molecule has 2 rings (SSSR count). The van der Waals surface area contributed by atoms with E-state index in [1.807, 2.05) is 26.1 Å². The average molecular weight is 311 g/mol. The van der Waals surface area contributed by atoms with E-state index in [0.717, 1.165) is 37.1 Å². The maximum absolute atomic E-state index is 12.7. The molecule has 0 spiro atoms. The minimum absolute atomic E-state index is 0.0139. The summed E-state index contributed by atoms with van der Waals surface area (Å²) in [6.07, 6.45) is 2.60. The van der Waals surface area contributed by atoms with Crippen molar-refractivity contribution < 1.29 is 8.42 Å². The van der Waals surface area contributed by atoms with Crippen molar-refractivity contribution in [3.8, 4) is 0 Å². The summed E-state index contributed by atoms with van der Waals surface area (Å²) in [6, 6.07) is 5.45. The number of sulfonamides is 1. The fraction of sp³-hybridized carbons (Fsp3) is 0.600. The SMILES string of the molecule is CCc1ccc(CN)cc1S(=O)(=O)NC1CCCN(C)C1. The lowest BCUT2D eigenvalue weighted by molar-refractivity contribution is 0.242. The number of nitrogens with one attached hydrogen (secondary N) is 1. The van der Waals surface area contributed by atoms with Crippen LogP contribution in [0.2, 0.25) is 0 Å². The van der Waals surface area contributed by atoms with Crippen molar-refractivity contribution in [1.82, 2.24) is 9.62 Å². The number of hydrogen-bond donors (Lipinski definition) is 2. The zero-order valence-electron chi connectivity index (χ0n) is 12.8. The molecular weight excluding hydrogens is 286 g/mol. The Hall–Kier alpha value is -0.950. The van der Waals surface area contributed by atoms with Gasteiger partial charge in [-0.1, -0.05) is 19.1 Å². The number of hydrogen-bond acceptors (Lipinski definition) is 4. The highest BCUT2D eigenvalue weighted by Crippen LogP contribution is 2.20. The lowest BCUT2D eigenvalue weighted by Crippen LogP contribution is -2.46. The van der Waals surface area contributed by atoms with Crippen LogP contribution >= 0.6 is 0 Å². The maximum Gasteiger partial charge on any atom is 0.241 e. The van der Waals surface area contributed by atoms with E-state index in [1.54, 1.807) is 6.07 Å². The number of likely N-dealkylation sites (tertiary alicyclic amines) is 1. The maximum atomic E-state index is 12.7. The Morgan fingerprint density at radius 3 is 2.81 bits per heavy atom. The van der Waals surface area contributed by atoms with Crippen molar-refractivity contribution >= 4 is 10.0 Å². The molecule has 1 atom stereocenters. The minimum atomic E-state index is -3.49. The molecule has 1 aromatic carbocycles. The van der Waals surface area contributed by atoms with Gasteiger partial charge < -0.3 is 10.6 Å². The lowest BCUT2D eigenvalue weighted by Gasteiger charge is -2.30. The van der Waals surface area contributed by atoms with E-state index in [-0.39, 0.29) is 6.04 Å². The number of piperidine rings is 1. The quantitative estimate of drug-likeness (QED) is 0.853. The molecule has 0 bridgehead atoms. The second kappa shape index (κ2) is 6.87. The van der Waals surface area contributed by atoms with Gasteiger partial charge in [0.2, 0.25) is 10.0 Å². The number of likely N-dealkylation sites (N-methyl/N-ethyl adjacent to an activating group) is 1. The first-order valence-corrected chi connectivity index (χ1v) is 8.97. The summed E-state index contributed by atoms with van der Waals surface area (Å²) in [4.78, 5) is 2.54.